The van der Waals surface area contributed by atoms with Crippen molar-refractivity contribution in [2.45, 2.75) is 38.4 Å². The SMILES string of the molecule is O=C1CN(Cc2nc3cc(-c4n[nH]c(C(F)(F)F)n4)ncc3n2C[C@@H]2CCO2)CCN1c1ccc(F)c(OCc2ccc(Cl)cc2F)n1. The van der Waals surface area contributed by atoms with Gasteiger partial charge < -0.3 is 14.0 Å². The Morgan fingerprint density at radius 1 is 1.06 bits per heavy atom. The van der Waals surface area contributed by atoms with E-state index in [1.165, 1.54) is 35.4 Å². The van der Waals surface area contributed by atoms with E-state index in [-0.39, 0.29) is 72.1 Å². The smallest absolute Gasteiger partial charge is 0.451 e. The summed E-state index contributed by atoms with van der Waals surface area (Å²) in [5.74, 6) is -2.71. The number of nitrogens with one attached hydrogen (secondary N) is 1. The van der Waals surface area contributed by atoms with Crippen LogP contribution in [0.5, 0.6) is 5.88 Å². The van der Waals surface area contributed by atoms with Gasteiger partial charge in [-0.2, -0.15) is 23.3 Å². The first kappa shape index (κ1) is 31.8. The number of aromatic amines is 1. The van der Waals surface area contributed by atoms with Crippen molar-refractivity contribution in [3.63, 3.8) is 0 Å². The summed E-state index contributed by atoms with van der Waals surface area (Å²) in [6, 6.07) is 8.05. The number of anilines is 1. The molecule has 5 aromatic rings. The molecule has 4 aromatic heterocycles. The van der Waals surface area contributed by atoms with Gasteiger partial charge in [0.25, 0.3) is 5.88 Å². The first-order valence-electron chi connectivity index (χ1n) is 14.7. The Bertz CT molecular complexity index is 2000. The number of aromatic nitrogens is 7. The highest BCUT2D eigenvalue weighted by Crippen LogP contribution is 2.29. The van der Waals surface area contributed by atoms with Crippen LogP contribution in [0.3, 0.4) is 0 Å². The van der Waals surface area contributed by atoms with Crippen molar-refractivity contribution < 1.29 is 36.2 Å². The number of piperazine rings is 1. The predicted molar refractivity (Wildman–Crippen MR) is 160 cm³/mol. The van der Waals surface area contributed by atoms with Gasteiger partial charge in [0, 0.05) is 30.3 Å². The van der Waals surface area contributed by atoms with Crippen LogP contribution in [-0.2, 0) is 35.4 Å². The van der Waals surface area contributed by atoms with Crippen LogP contribution in [0.1, 0.15) is 23.6 Å². The first-order valence-corrected chi connectivity index (χ1v) is 15.1. The lowest BCUT2D eigenvalue weighted by Gasteiger charge is -2.34. The highest BCUT2D eigenvalue weighted by Gasteiger charge is 2.36. The Morgan fingerprint density at radius 2 is 1.90 bits per heavy atom. The quantitative estimate of drug-likeness (QED) is 0.218. The molecule has 250 valence electrons. The van der Waals surface area contributed by atoms with Crippen LogP contribution in [0.2, 0.25) is 5.02 Å². The number of nitrogens with zero attached hydrogens (tertiary/aromatic N) is 8. The molecule has 0 saturated carbocycles. The van der Waals surface area contributed by atoms with E-state index in [4.69, 9.17) is 26.1 Å². The number of hydrogen-bond acceptors (Lipinski definition) is 9. The van der Waals surface area contributed by atoms with Crippen LogP contribution in [-0.4, -0.2) is 77.9 Å². The normalized spacial score (nSPS) is 17.2. The van der Waals surface area contributed by atoms with Gasteiger partial charge in [0.1, 0.15) is 29.8 Å². The number of imidazole rings is 1. The third-order valence-corrected chi connectivity index (χ3v) is 8.23. The van der Waals surface area contributed by atoms with Gasteiger partial charge >= 0.3 is 6.18 Å². The van der Waals surface area contributed by atoms with Gasteiger partial charge in [-0.05, 0) is 36.8 Å². The zero-order valence-electron chi connectivity index (χ0n) is 24.8. The molecule has 7 rings (SSSR count). The molecule has 2 saturated heterocycles. The molecule has 48 heavy (non-hydrogen) atoms. The molecule has 1 amide bonds. The van der Waals surface area contributed by atoms with Crippen LogP contribution in [0.4, 0.5) is 27.8 Å². The molecule has 0 unspecified atom stereocenters. The van der Waals surface area contributed by atoms with Crippen molar-refractivity contribution in [2.24, 2.45) is 0 Å². The largest absolute Gasteiger partial charge is 0.471 e. The van der Waals surface area contributed by atoms with Crippen LogP contribution >= 0.6 is 11.6 Å². The summed E-state index contributed by atoms with van der Waals surface area (Å²) in [6.45, 7) is 1.73. The molecule has 2 aliphatic heterocycles. The molecule has 12 nitrogen and oxygen atoms in total. The number of amides is 1. The summed E-state index contributed by atoms with van der Waals surface area (Å²) in [6.07, 6.45) is -2.37. The highest BCUT2D eigenvalue weighted by atomic mass is 35.5. The van der Waals surface area contributed by atoms with Gasteiger partial charge in [-0.15, -0.1) is 0 Å². The minimum absolute atomic E-state index is 0.00469. The van der Waals surface area contributed by atoms with Crippen molar-refractivity contribution in [1.82, 2.24) is 39.6 Å². The number of fused-ring (bicyclic) bond motifs is 1. The molecular weight excluding hydrogens is 665 g/mol. The number of rotatable bonds is 9. The molecule has 0 bridgehead atoms. The standard InChI is InChI=1S/C30H25ClF5N9O3/c31-17-2-1-16(20(33)9-17)15-48-28-19(32)3-4-24(39-28)44-7-6-43(14-26(44)46)13-25-38-21-10-22(27-40-29(42-41-27)30(34,35)36)37-11-23(21)45(25)12-18-5-8-47-18/h1-4,9-11,18H,5-8,12-15H2,(H,40,41,42)/t18-/m0/s1. The monoisotopic (exact) mass is 689 g/mol. The molecule has 0 aliphatic carbocycles. The Kier molecular flexibility index (Phi) is 8.43. The maximum atomic E-state index is 14.5. The summed E-state index contributed by atoms with van der Waals surface area (Å²) in [7, 11) is 0. The molecule has 1 N–H and O–H groups in total. The summed E-state index contributed by atoms with van der Waals surface area (Å²) >= 11 is 5.79. The van der Waals surface area contributed by atoms with Crippen molar-refractivity contribution >= 4 is 34.4 Å². The number of benzene rings is 1. The van der Waals surface area contributed by atoms with Crippen molar-refractivity contribution in [1.29, 1.82) is 0 Å². The van der Waals surface area contributed by atoms with E-state index in [2.05, 4.69) is 20.1 Å². The lowest BCUT2D eigenvalue weighted by Crippen LogP contribution is -2.50. The fourth-order valence-electron chi connectivity index (χ4n) is 5.40. The molecule has 6 heterocycles. The highest BCUT2D eigenvalue weighted by molar-refractivity contribution is 6.30. The summed E-state index contributed by atoms with van der Waals surface area (Å²) in [5, 5.41) is 5.76. The number of ether oxygens (including phenoxy) is 2. The maximum Gasteiger partial charge on any atom is 0.451 e. The molecule has 1 aromatic carbocycles. The third-order valence-electron chi connectivity index (χ3n) is 8.00. The van der Waals surface area contributed by atoms with Gasteiger partial charge in [0.2, 0.25) is 11.7 Å². The first-order chi connectivity index (χ1) is 23.0. The number of H-pyrrole nitrogens is 1. The average Bonchev–Trinajstić information content (AvgIpc) is 3.65. The fraction of sp³-hybridized carbons (Fsp3) is 0.333. The summed E-state index contributed by atoms with van der Waals surface area (Å²) < 4.78 is 80.9. The second-order valence-corrected chi connectivity index (χ2v) is 11.7. The van der Waals surface area contributed by atoms with Crippen LogP contribution in [0, 0.1) is 11.6 Å². The van der Waals surface area contributed by atoms with E-state index >= 15 is 0 Å². The lowest BCUT2D eigenvalue weighted by atomic mass is 10.2. The zero-order chi connectivity index (χ0) is 33.6. The predicted octanol–water partition coefficient (Wildman–Crippen LogP) is 4.78. The Labute approximate surface area is 273 Å². The molecule has 0 spiro atoms. The Hall–Kier alpha value is -4.74. The maximum absolute atomic E-state index is 14.5. The molecule has 1 atom stereocenters. The second kappa shape index (κ2) is 12.7. The summed E-state index contributed by atoms with van der Waals surface area (Å²) in [5.41, 5.74) is 1.38. The van der Waals surface area contributed by atoms with Gasteiger partial charge in [-0.25, -0.2) is 18.7 Å². The van der Waals surface area contributed by atoms with E-state index in [0.29, 0.717) is 36.6 Å². The number of alkyl halides is 3. The Balaban J connectivity index is 1.07. The second-order valence-electron chi connectivity index (χ2n) is 11.2. The van der Waals surface area contributed by atoms with Gasteiger partial charge in [-0.3, -0.25) is 24.7 Å². The molecule has 2 aliphatic rings. The van der Waals surface area contributed by atoms with Crippen molar-refractivity contribution in [2.75, 3.05) is 31.1 Å². The molecular formula is C30H25ClF5N9O3. The van der Waals surface area contributed by atoms with Crippen LogP contribution in [0.15, 0.2) is 42.6 Å². The fourth-order valence-corrected chi connectivity index (χ4v) is 5.56. The van der Waals surface area contributed by atoms with Gasteiger partial charge in [0.15, 0.2) is 11.6 Å². The summed E-state index contributed by atoms with van der Waals surface area (Å²) in [4.78, 5) is 33.4. The number of halogens is 6. The van der Waals surface area contributed by atoms with Crippen LogP contribution in [0.25, 0.3) is 22.6 Å². The number of hydrogen-bond donors (Lipinski definition) is 1. The minimum Gasteiger partial charge on any atom is -0.471 e. The van der Waals surface area contributed by atoms with Crippen molar-refractivity contribution in [3.05, 3.63) is 76.5 Å². The van der Waals surface area contributed by atoms with E-state index in [1.54, 1.807) is 0 Å². The van der Waals surface area contributed by atoms with E-state index < -0.39 is 23.6 Å². The molecule has 2 fully saturated rings. The Morgan fingerprint density at radius 3 is 2.60 bits per heavy atom. The lowest BCUT2D eigenvalue weighted by molar-refractivity contribution is -0.144. The third kappa shape index (κ3) is 6.52. The number of carbonyl (C=O) groups is 1. The van der Waals surface area contributed by atoms with Gasteiger partial charge in [0.05, 0.1) is 43.0 Å². The van der Waals surface area contributed by atoms with E-state index in [1.807, 2.05) is 14.6 Å². The topological polar surface area (TPSA) is 127 Å². The van der Waals surface area contributed by atoms with E-state index in [0.717, 1.165) is 18.6 Å². The minimum atomic E-state index is -4.68. The molecule has 0 radical (unpaired) electrons. The average molecular weight is 690 g/mol. The van der Waals surface area contributed by atoms with Crippen LogP contribution < -0.4 is 9.64 Å². The van der Waals surface area contributed by atoms with E-state index in [9.17, 15) is 26.7 Å². The molecule has 18 heteroatoms. The number of pyridine rings is 2. The zero-order valence-corrected chi connectivity index (χ0v) is 25.6. The van der Waals surface area contributed by atoms with Gasteiger partial charge in [-0.1, -0.05) is 17.7 Å². The van der Waals surface area contributed by atoms with Crippen molar-refractivity contribution in [3.8, 4) is 17.4 Å². The number of carbonyl (C=O) groups excluding carboxylic acids is 1.